The van der Waals surface area contributed by atoms with E-state index in [4.69, 9.17) is 0 Å². The van der Waals surface area contributed by atoms with Crippen molar-refractivity contribution < 1.29 is 0 Å². The Balaban J connectivity index is 0.00000106. The van der Waals surface area contributed by atoms with Crippen LogP contribution >= 0.6 is 0 Å². The maximum Gasteiger partial charge on any atom is 0.0381 e. The number of nitrogens with zero attached hydrogens (tertiary/aromatic N) is 2. The molecule has 0 unspecified atom stereocenters. The number of piperazine rings is 1. The lowest BCUT2D eigenvalue weighted by molar-refractivity contribution is 0.244. The summed E-state index contributed by atoms with van der Waals surface area (Å²) in [5.74, 6) is 0. The lowest BCUT2D eigenvalue weighted by Crippen LogP contribution is -2.40. The van der Waals surface area contributed by atoms with Gasteiger partial charge in [-0.25, -0.2) is 0 Å². The van der Waals surface area contributed by atoms with Crippen LogP contribution in [0.1, 0.15) is 40.5 Å². The van der Waals surface area contributed by atoms with Crippen LogP contribution in [0.5, 0.6) is 0 Å². The standard InChI is InChI=1S/C12H22N2.C2H6/c1-4-6-7-12-11-13(3)9-10-14(12)8-5-2;1-2/h5,7-8H,4,6,9-11H2,1-3H3;1-2H3/b8-5-,12-7+;. The number of unbranched alkanes of at least 4 members (excludes halogenated alkanes) is 1. The van der Waals surface area contributed by atoms with Crippen molar-refractivity contribution in [2.45, 2.75) is 40.5 Å². The van der Waals surface area contributed by atoms with E-state index in [1.807, 2.05) is 13.8 Å². The van der Waals surface area contributed by atoms with Crippen molar-refractivity contribution in [1.82, 2.24) is 9.80 Å². The van der Waals surface area contributed by atoms with Gasteiger partial charge in [0.15, 0.2) is 0 Å². The van der Waals surface area contributed by atoms with Gasteiger partial charge in [0.2, 0.25) is 0 Å². The summed E-state index contributed by atoms with van der Waals surface area (Å²) in [7, 11) is 2.19. The van der Waals surface area contributed by atoms with Gasteiger partial charge in [-0.1, -0.05) is 39.3 Å². The van der Waals surface area contributed by atoms with E-state index >= 15 is 0 Å². The van der Waals surface area contributed by atoms with Crippen molar-refractivity contribution in [1.29, 1.82) is 0 Å². The van der Waals surface area contributed by atoms with Crippen LogP contribution in [0.25, 0.3) is 0 Å². The predicted molar refractivity (Wildman–Crippen MR) is 73.4 cm³/mol. The number of hydrogen-bond donors (Lipinski definition) is 0. The van der Waals surface area contributed by atoms with Crippen molar-refractivity contribution >= 4 is 0 Å². The molecule has 94 valence electrons. The fourth-order valence-corrected chi connectivity index (χ4v) is 1.71. The van der Waals surface area contributed by atoms with Gasteiger partial charge in [0.25, 0.3) is 0 Å². The fourth-order valence-electron chi connectivity index (χ4n) is 1.71. The van der Waals surface area contributed by atoms with Crippen molar-refractivity contribution in [3.8, 4) is 0 Å². The number of hydrogen-bond acceptors (Lipinski definition) is 2. The summed E-state index contributed by atoms with van der Waals surface area (Å²) in [4.78, 5) is 4.75. The summed E-state index contributed by atoms with van der Waals surface area (Å²) < 4.78 is 0. The molecule has 1 rings (SSSR count). The number of rotatable bonds is 3. The Morgan fingerprint density at radius 3 is 2.50 bits per heavy atom. The molecular weight excluding hydrogens is 196 g/mol. The Labute approximate surface area is 102 Å². The van der Waals surface area contributed by atoms with Crippen LogP contribution in [-0.2, 0) is 0 Å². The third-order valence-electron chi connectivity index (χ3n) is 2.52. The first kappa shape index (κ1) is 15.2. The largest absolute Gasteiger partial charge is 0.350 e. The zero-order chi connectivity index (χ0) is 12.4. The maximum atomic E-state index is 2.38. The quantitative estimate of drug-likeness (QED) is 0.724. The average Bonchev–Trinajstić information content (AvgIpc) is 2.32. The van der Waals surface area contributed by atoms with E-state index in [1.54, 1.807) is 0 Å². The van der Waals surface area contributed by atoms with Crippen molar-refractivity contribution in [2.24, 2.45) is 0 Å². The second-order valence-corrected chi connectivity index (χ2v) is 3.90. The summed E-state index contributed by atoms with van der Waals surface area (Å²) in [6.45, 7) is 11.7. The smallest absolute Gasteiger partial charge is 0.0381 e. The van der Waals surface area contributed by atoms with Crippen LogP contribution in [0.15, 0.2) is 24.0 Å². The summed E-state index contributed by atoms with van der Waals surface area (Å²) in [5.41, 5.74) is 1.46. The van der Waals surface area contributed by atoms with Gasteiger partial charge in [-0.05, 0) is 26.6 Å². The number of allylic oxidation sites excluding steroid dienone is 2. The van der Waals surface area contributed by atoms with Crippen LogP contribution in [0.2, 0.25) is 0 Å². The Hall–Kier alpha value is -0.760. The molecule has 0 spiro atoms. The average molecular weight is 224 g/mol. The van der Waals surface area contributed by atoms with E-state index in [0.717, 1.165) is 19.6 Å². The topological polar surface area (TPSA) is 6.48 Å². The van der Waals surface area contributed by atoms with Crippen molar-refractivity contribution in [3.63, 3.8) is 0 Å². The molecule has 1 heterocycles. The SMILES string of the molecule is C/C=C\N1CCN(C)C/C1=C\CCC.CC. The summed E-state index contributed by atoms with van der Waals surface area (Å²) in [5, 5.41) is 0. The number of likely N-dealkylation sites (N-methyl/N-ethyl adjacent to an activating group) is 1. The molecule has 0 amide bonds. The first-order valence-corrected chi connectivity index (χ1v) is 6.55. The Bertz CT molecular complexity index is 219. The molecule has 0 aliphatic carbocycles. The first-order chi connectivity index (χ1) is 7.77. The van der Waals surface area contributed by atoms with Crippen LogP contribution in [0.4, 0.5) is 0 Å². The molecule has 0 saturated carbocycles. The molecule has 16 heavy (non-hydrogen) atoms. The maximum absolute atomic E-state index is 2.38. The normalized spacial score (nSPS) is 20.1. The van der Waals surface area contributed by atoms with Crippen molar-refractivity contribution in [3.05, 3.63) is 24.0 Å². The lowest BCUT2D eigenvalue weighted by Gasteiger charge is -2.34. The van der Waals surface area contributed by atoms with Crippen LogP contribution in [-0.4, -0.2) is 36.5 Å². The lowest BCUT2D eigenvalue weighted by atomic mass is 10.2. The molecule has 2 nitrogen and oxygen atoms in total. The third kappa shape index (κ3) is 5.36. The Kier molecular flexibility index (Phi) is 9.02. The second kappa shape index (κ2) is 9.46. The van der Waals surface area contributed by atoms with E-state index in [2.05, 4.69) is 49.0 Å². The van der Waals surface area contributed by atoms with Crippen molar-refractivity contribution in [2.75, 3.05) is 26.7 Å². The van der Waals surface area contributed by atoms with Crippen LogP contribution in [0, 0.1) is 0 Å². The van der Waals surface area contributed by atoms with Gasteiger partial charge in [-0.3, -0.25) is 4.90 Å². The van der Waals surface area contributed by atoms with E-state index in [9.17, 15) is 0 Å². The van der Waals surface area contributed by atoms with Gasteiger partial charge in [-0.2, -0.15) is 0 Å². The van der Waals surface area contributed by atoms with E-state index in [-0.39, 0.29) is 0 Å². The minimum absolute atomic E-state index is 1.09. The minimum Gasteiger partial charge on any atom is -0.350 e. The zero-order valence-electron chi connectivity index (χ0n) is 11.7. The molecule has 0 aromatic rings. The van der Waals surface area contributed by atoms with E-state index in [1.165, 1.54) is 18.5 Å². The van der Waals surface area contributed by atoms with E-state index < -0.39 is 0 Å². The molecule has 0 N–H and O–H groups in total. The summed E-state index contributed by atoms with van der Waals surface area (Å²) in [6.07, 6.45) is 9.10. The van der Waals surface area contributed by atoms with Gasteiger partial charge < -0.3 is 4.90 Å². The highest BCUT2D eigenvalue weighted by atomic mass is 15.2. The molecule has 1 saturated heterocycles. The highest BCUT2D eigenvalue weighted by molar-refractivity contribution is 5.10. The molecule has 1 fully saturated rings. The van der Waals surface area contributed by atoms with Gasteiger partial charge in [0.1, 0.15) is 0 Å². The molecule has 2 heteroatoms. The molecule has 1 aliphatic rings. The molecule has 0 atom stereocenters. The van der Waals surface area contributed by atoms with Crippen LogP contribution in [0.3, 0.4) is 0 Å². The van der Waals surface area contributed by atoms with E-state index in [0.29, 0.717) is 0 Å². The monoisotopic (exact) mass is 224 g/mol. The molecule has 1 aliphatic heterocycles. The van der Waals surface area contributed by atoms with Gasteiger partial charge >= 0.3 is 0 Å². The molecule has 0 aromatic carbocycles. The molecular formula is C14H28N2. The summed E-state index contributed by atoms with van der Waals surface area (Å²) >= 11 is 0. The zero-order valence-corrected chi connectivity index (χ0v) is 11.7. The van der Waals surface area contributed by atoms with Gasteiger partial charge in [-0.15, -0.1) is 0 Å². The molecule has 0 bridgehead atoms. The fraction of sp³-hybridized carbons (Fsp3) is 0.714. The highest BCUT2D eigenvalue weighted by Gasteiger charge is 2.15. The second-order valence-electron chi connectivity index (χ2n) is 3.90. The first-order valence-electron chi connectivity index (χ1n) is 6.55. The van der Waals surface area contributed by atoms with Crippen LogP contribution < -0.4 is 0 Å². The van der Waals surface area contributed by atoms with Gasteiger partial charge in [0, 0.05) is 25.3 Å². The molecule has 0 radical (unpaired) electrons. The van der Waals surface area contributed by atoms with Gasteiger partial charge in [0.05, 0.1) is 0 Å². The minimum atomic E-state index is 1.09. The Morgan fingerprint density at radius 2 is 1.94 bits per heavy atom. The molecule has 0 aromatic heterocycles. The highest BCUT2D eigenvalue weighted by Crippen LogP contribution is 2.13. The third-order valence-corrected chi connectivity index (χ3v) is 2.52. The predicted octanol–water partition coefficient (Wildman–Crippen LogP) is 3.48. The Morgan fingerprint density at radius 1 is 1.25 bits per heavy atom. The summed E-state index contributed by atoms with van der Waals surface area (Å²) in [6, 6.07) is 0.